The number of hydrogen-bond donors (Lipinski definition) is 1. The lowest BCUT2D eigenvalue weighted by atomic mass is 9.90. The van der Waals surface area contributed by atoms with Gasteiger partial charge >= 0.3 is 5.97 Å². The molecule has 120 valence electrons. The monoisotopic (exact) mass is 375 g/mol. The second-order valence-corrected chi connectivity index (χ2v) is 7.21. The van der Waals surface area contributed by atoms with Gasteiger partial charge in [-0.2, -0.15) is 0 Å². The van der Waals surface area contributed by atoms with Gasteiger partial charge in [-0.05, 0) is 47.4 Å². The van der Waals surface area contributed by atoms with Crippen molar-refractivity contribution < 1.29 is 14.7 Å². The summed E-state index contributed by atoms with van der Waals surface area (Å²) in [4.78, 5) is 25.7. The van der Waals surface area contributed by atoms with Crippen molar-refractivity contribution in [3.63, 3.8) is 0 Å². The van der Waals surface area contributed by atoms with E-state index in [1.807, 2.05) is 43.3 Å². The first-order valence-corrected chi connectivity index (χ1v) is 8.44. The highest BCUT2D eigenvalue weighted by molar-refractivity contribution is 9.10. The number of carbonyl (C=O) groups is 2. The third-order valence-electron chi connectivity index (χ3n) is 4.35. The fourth-order valence-corrected chi connectivity index (χ4v) is 3.61. The van der Waals surface area contributed by atoms with Crippen LogP contribution in [0.1, 0.15) is 23.7 Å². The van der Waals surface area contributed by atoms with Gasteiger partial charge in [0.25, 0.3) is 5.91 Å². The van der Waals surface area contributed by atoms with Gasteiger partial charge in [-0.25, -0.2) is 0 Å². The Labute approximate surface area is 143 Å². The number of nitrogens with zero attached hydrogens (tertiary/aromatic N) is 1. The third-order valence-corrected chi connectivity index (χ3v) is 4.84. The summed E-state index contributed by atoms with van der Waals surface area (Å²) in [5, 5.41) is 11.3. The maximum absolute atomic E-state index is 12.7. The van der Waals surface area contributed by atoms with Gasteiger partial charge < -0.3 is 10.0 Å². The van der Waals surface area contributed by atoms with Gasteiger partial charge in [-0.15, -0.1) is 0 Å². The molecule has 0 saturated carbocycles. The summed E-state index contributed by atoms with van der Waals surface area (Å²) in [6.45, 7) is 2.89. The number of aliphatic carboxylic acids is 1. The summed E-state index contributed by atoms with van der Waals surface area (Å²) in [5.74, 6) is -1.19. The predicted molar refractivity (Wildman–Crippen MR) is 92.5 cm³/mol. The first-order valence-electron chi connectivity index (χ1n) is 7.65. The number of carboxylic acids is 1. The molecule has 23 heavy (non-hydrogen) atoms. The molecule has 1 heterocycles. The number of piperidine rings is 1. The van der Waals surface area contributed by atoms with Crippen LogP contribution in [-0.2, 0) is 4.79 Å². The molecule has 0 aliphatic carbocycles. The van der Waals surface area contributed by atoms with Crippen molar-refractivity contribution in [2.75, 3.05) is 13.1 Å². The van der Waals surface area contributed by atoms with Crippen LogP contribution in [-0.4, -0.2) is 35.0 Å². The molecule has 0 spiro atoms. The molecular weight excluding hydrogens is 358 g/mol. The van der Waals surface area contributed by atoms with Crippen LogP contribution in [0, 0.1) is 11.8 Å². The highest BCUT2D eigenvalue weighted by Gasteiger charge is 2.32. The van der Waals surface area contributed by atoms with E-state index < -0.39 is 11.9 Å². The lowest BCUT2D eigenvalue weighted by molar-refractivity contribution is -0.143. The van der Waals surface area contributed by atoms with Crippen LogP contribution in [0.4, 0.5) is 0 Å². The van der Waals surface area contributed by atoms with E-state index >= 15 is 0 Å². The smallest absolute Gasteiger partial charge is 0.308 e. The summed E-state index contributed by atoms with van der Waals surface area (Å²) in [5.41, 5.74) is 0.609. The van der Waals surface area contributed by atoms with Gasteiger partial charge in [0.15, 0.2) is 0 Å². The van der Waals surface area contributed by atoms with Gasteiger partial charge in [0.05, 0.1) is 5.92 Å². The van der Waals surface area contributed by atoms with Gasteiger partial charge in [-0.3, -0.25) is 9.59 Å². The highest BCUT2D eigenvalue weighted by Crippen LogP contribution is 2.25. The average Bonchev–Trinajstić information content (AvgIpc) is 2.53. The number of rotatable bonds is 2. The van der Waals surface area contributed by atoms with E-state index in [1.165, 1.54) is 0 Å². The summed E-state index contributed by atoms with van der Waals surface area (Å²) in [6, 6.07) is 11.5. The first kappa shape index (κ1) is 16.0. The topological polar surface area (TPSA) is 57.6 Å². The maximum Gasteiger partial charge on any atom is 0.308 e. The van der Waals surface area contributed by atoms with Crippen molar-refractivity contribution in [1.29, 1.82) is 0 Å². The summed E-state index contributed by atoms with van der Waals surface area (Å²) in [6.07, 6.45) is 0.630. The first-order chi connectivity index (χ1) is 10.9. The van der Waals surface area contributed by atoms with Crippen molar-refractivity contribution >= 4 is 38.6 Å². The standard InChI is InChI=1S/C18H18BrNO3/c1-11-6-15(18(22)23)10-20(9-11)17(21)14-3-2-13-8-16(19)5-4-12(13)7-14/h2-5,7-8,11,15H,6,9-10H2,1H3,(H,22,23). The Morgan fingerprint density at radius 3 is 2.57 bits per heavy atom. The minimum atomic E-state index is -0.822. The van der Waals surface area contributed by atoms with E-state index in [0.29, 0.717) is 18.5 Å². The molecule has 2 aromatic carbocycles. The molecule has 3 rings (SSSR count). The van der Waals surface area contributed by atoms with Gasteiger partial charge in [-0.1, -0.05) is 35.0 Å². The second kappa shape index (κ2) is 6.32. The number of fused-ring (bicyclic) bond motifs is 1. The number of hydrogen-bond acceptors (Lipinski definition) is 2. The molecule has 0 radical (unpaired) electrons. The van der Waals surface area contributed by atoms with Crippen molar-refractivity contribution in [1.82, 2.24) is 4.90 Å². The highest BCUT2D eigenvalue weighted by atomic mass is 79.9. The van der Waals surface area contributed by atoms with Crippen LogP contribution in [0.3, 0.4) is 0 Å². The van der Waals surface area contributed by atoms with E-state index in [2.05, 4.69) is 15.9 Å². The molecule has 1 fully saturated rings. The quantitative estimate of drug-likeness (QED) is 0.868. The molecule has 2 unspecified atom stereocenters. The van der Waals surface area contributed by atoms with Crippen molar-refractivity contribution in [2.45, 2.75) is 13.3 Å². The van der Waals surface area contributed by atoms with Crippen LogP contribution in [0.2, 0.25) is 0 Å². The van der Waals surface area contributed by atoms with E-state index in [0.717, 1.165) is 15.2 Å². The lowest BCUT2D eigenvalue weighted by Gasteiger charge is -2.34. The number of likely N-dealkylation sites (tertiary alicyclic amines) is 1. The Kier molecular flexibility index (Phi) is 4.39. The Balaban J connectivity index is 1.87. The molecule has 2 atom stereocenters. The van der Waals surface area contributed by atoms with Crippen molar-refractivity contribution in [3.05, 3.63) is 46.4 Å². The van der Waals surface area contributed by atoms with Crippen LogP contribution in [0.5, 0.6) is 0 Å². The van der Waals surface area contributed by atoms with Gasteiger partial charge in [0.2, 0.25) is 0 Å². The minimum Gasteiger partial charge on any atom is -0.481 e. The second-order valence-electron chi connectivity index (χ2n) is 6.29. The molecule has 1 N–H and O–H groups in total. The van der Waals surface area contributed by atoms with E-state index in [1.54, 1.807) is 4.90 Å². The van der Waals surface area contributed by atoms with E-state index in [9.17, 15) is 14.7 Å². The fourth-order valence-electron chi connectivity index (χ4n) is 3.23. The fraction of sp³-hybridized carbons (Fsp3) is 0.333. The van der Waals surface area contributed by atoms with Crippen molar-refractivity contribution in [2.24, 2.45) is 11.8 Å². The Hall–Kier alpha value is -1.88. The molecule has 5 heteroatoms. The third kappa shape index (κ3) is 3.39. The minimum absolute atomic E-state index is 0.0902. The zero-order valence-electron chi connectivity index (χ0n) is 12.8. The number of benzene rings is 2. The van der Waals surface area contributed by atoms with Crippen molar-refractivity contribution in [3.8, 4) is 0 Å². The summed E-state index contributed by atoms with van der Waals surface area (Å²) >= 11 is 3.44. The van der Waals surface area contributed by atoms with Gasteiger partial charge in [0, 0.05) is 23.1 Å². The number of carboxylic acid groups (broad SMARTS) is 1. The molecule has 1 aliphatic heterocycles. The summed E-state index contributed by atoms with van der Waals surface area (Å²) < 4.78 is 0.998. The molecule has 1 amide bonds. The zero-order valence-corrected chi connectivity index (χ0v) is 14.4. The van der Waals surface area contributed by atoms with E-state index in [4.69, 9.17) is 0 Å². The largest absolute Gasteiger partial charge is 0.481 e. The molecular formula is C18H18BrNO3. The molecule has 1 aliphatic rings. The average molecular weight is 376 g/mol. The van der Waals surface area contributed by atoms with Crippen LogP contribution in [0.15, 0.2) is 40.9 Å². The van der Waals surface area contributed by atoms with Crippen LogP contribution in [0.25, 0.3) is 10.8 Å². The summed E-state index contributed by atoms with van der Waals surface area (Å²) in [7, 11) is 0. The Morgan fingerprint density at radius 1 is 1.13 bits per heavy atom. The zero-order chi connectivity index (χ0) is 16.6. The SMILES string of the molecule is CC1CC(C(=O)O)CN(C(=O)c2ccc3cc(Br)ccc3c2)C1. The molecule has 2 aromatic rings. The maximum atomic E-state index is 12.7. The van der Waals surface area contributed by atoms with Crippen LogP contribution < -0.4 is 0 Å². The normalized spacial score (nSPS) is 21.4. The van der Waals surface area contributed by atoms with Gasteiger partial charge in [0.1, 0.15) is 0 Å². The Morgan fingerprint density at radius 2 is 1.83 bits per heavy atom. The molecule has 0 aromatic heterocycles. The van der Waals surface area contributed by atoms with E-state index in [-0.39, 0.29) is 18.4 Å². The predicted octanol–water partition coefficient (Wildman–Crippen LogP) is 3.79. The number of amides is 1. The molecule has 0 bridgehead atoms. The molecule has 4 nitrogen and oxygen atoms in total. The lowest BCUT2D eigenvalue weighted by Crippen LogP contribution is -2.45. The van der Waals surface area contributed by atoms with Crippen LogP contribution >= 0.6 is 15.9 Å². The molecule has 1 saturated heterocycles. The number of carbonyl (C=O) groups excluding carboxylic acids is 1. The number of halogens is 1. The Bertz CT molecular complexity index is 774.